The summed E-state index contributed by atoms with van der Waals surface area (Å²) in [6.07, 6.45) is 0.339. The highest BCUT2D eigenvalue weighted by Gasteiger charge is 2.08. The van der Waals surface area contributed by atoms with Gasteiger partial charge < -0.3 is 4.52 Å². The van der Waals surface area contributed by atoms with E-state index in [0.717, 1.165) is 0 Å². The van der Waals surface area contributed by atoms with Gasteiger partial charge in [0.1, 0.15) is 12.2 Å². The second-order valence-corrected chi connectivity index (χ2v) is 3.21. The van der Waals surface area contributed by atoms with Gasteiger partial charge in [-0.05, 0) is 11.6 Å². The average Bonchev–Trinajstić information content (AvgIpc) is 2.70. The van der Waals surface area contributed by atoms with Crippen molar-refractivity contribution < 1.29 is 8.91 Å². The molecule has 16 heavy (non-hydrogen) atoms. The molecule has 1 aromatic heterocycles. The lowest BCUT2D eigenvalue weighted by molar-refractivity contribution is 0.382. The van der Waals surface area contributed by atoms with Crippen LogP contribution in [0, 0.1) is 17.1 Å². The van der Waals surface area contributed by atoms with Crippen molar-refractivity contribution in [2.75, 3.05) is 0 Å². The normalized spacial score (nSPS) is 10.0. The van der Waals surface area contributed by atoms with Crippen LogP contribution in [0.2, 0.25) is 0 Å². The monoisotopic (exact) mass is 217 g/mol. The van der Waals surface area contributed by atoms with E-state index in [1.165, 1.54) is 6.07 Å². The predicted molar refractivity (Wildman–Crippen MR) is 52.8 cm³/mol. The summed E-state index contributed by atoms with van der Waals surface area (Å²) >= 11 is 0. The molecule has 0 saturated heterocycles. The van der Waals surface area contributed by atoms with E-state index in [2.05, 4.69) is 10.1 Å². The van der Waals surface area contributed by atoms with Gasteiger partial charge in [-0.25, -0.2) is 4.39 Å². The van der Waals surface area contributed by atoms with Crippen molar-refractivity contribution in [2.24, 2.45) is 0 Å². The molecule has 1 aromatic carbocycles. The molecule has 0 fully saturated rings. The van der Waals surface area contributed by atoms with Crippen LogP contribution >= 0.6 is 0 Å². The summed E-state index contributed by atoms with van der Waals surface area (Å²) in [6, 6.07) is 8.31. The van der Waals surface area contributed by atoms with Gasteiger partial charge in [0.15, 0.2) is 5.82 Å². The van der Waals surface area contributed by atoms with Gasteiger partial charge in [0.05, 0.1) is 6.07 Å². The van der Waals surface area contributed by atoms with E-state index < -0.39 is 0 Å². The van der Waals surface area contributed by atoms with Crippen molar-refractivity contribution >= 4 is 0 Å². The first-order valence-electron chi connectivity index (χ1n) is 4.71. The topological polar surface area (TPSA) is 62.7 Å². The molecule has 0 bridgehead atoms. The van der Waals surface area contributed by atoms with Gasteiger partial charge >= 0.3 is 0 Å². The van der Waals surface area contributed by atoms with E-state index in [4.69, 9.17) is 9.78 Å². The lowest BCUT2D eigenvalue weighted by Gasteiger charge is -1.97. The number of nitriles is 1. The van der Waals surface area contributed by atoms with Crippen molar-refractivity contribution in [1.82, 2.24) is 10.1 Å². The molecule has 2 rings (SSSR count). The first kappa shape index (κ1) is 10.3. The van der Waals surface area contributed by atoms with Crippen LogP contribution in [0.5, 0.6) is 0 Å². The summed E-state index contributed by atoms with van der Waals surface area (Å²) in [5.74, 6) is 0.346. The van der Waals surface area contributed by atoms with E-state index in [-0.39, 0.29) is 24.5 Å². The van der Waals surface area contributed by atoms with Gasteiger partial charge in [-0.1, -0.05) is 23.4 Å². The molecule has 5 heteroatoms. The maximum Gasteiger partial charge on any atom is 0.240 e. The van der Waals surface area contributed by atoms with Crippen LogP contribution in [0.4, 0.5) is 4.39 Å². The Morgan fingerprint density at radius 3 is 2.94 bits per heavy atom. The van der Waals surface area contributed by atoms with E-state index in [1.54, 1.807) is 18.2 Å². The summed E-state index contributed by atoms with van der Waals surface area (Å²) in [5, 5.41) is 12.1. The smallest absolute Gasteiger partial charge is 0.240 e. The number of halogens is 1. The second-order valence-electron chi connectivity index (χ2n) is 3.21. The minimum absolute atomic E-state index is 0.0737. The first-order valence-corrected chi connectivity index (χ1v) is 4.71. The Balaban J connectivity index is 2.15. The maximum absolute atomic E-state index is 13.3. The number of aromatic nitrogens is 2. The van der Waals surface area contributed by atoms with Gasteiger partial charge in [-0.3, -0.25) is 0 Å². The van der Waals surface area contributed by atoms with E-state index in [0.29, 0.717) is 11.4 Å². The highest BCUT2D eigenvalue weighted by atomic mass is 19.1. The largest absolute Gasteiger partial charge is 0.338 e. The van der Waals surface area contributed by atoms with Crippen LogP contribution in [0.15, 0.2) is 28.8 Å². The molecule has 2 aromatic rings. The molecule has 0 unspecified atom stereocenters. The predicted octanol–water partition coefficient (Wildman–Crippen LogP) is 1.87. The van der Waals surface area contributed by atoms with Crippen LogP contribution in [0.3, 0.4) is 0 Å². The molecule has 0 atom stereocenters. The standard InChI is InChI=1S/C11H8FN3O/c12-9-4-2-1-3-8(9)7-10-14-11(5-6-13)16-15-10/h1-4H,5,7H2. The summed E-state index contributed by atoms with van der Waals surface area (Å²) < 4.78 is 18.1. The van der Waals surface area contributed by atoms with Crippen molar-refractivity contribution in [2.45, 2.75) is 12.8 Å². The molecule has 0 saturated carbocycles. The molecular formula is C11H8FN3O. The van der Waals surface area contributed by atoms with E-state index >= 15 is 0 Å². The molecule has 1 heterocycles. The average molecular weight is 217 g/mol. The van der Waals surface area contributed by atoms with Gasteiger partial charge in [-0.15, -0.1) is 0 Å². The Hall–Kier alpha value is -2.22. The highest BCUT2D eigenvalue weighted by Crippen LogP contribution is 2.11. The summed E-state index contributed by atoms with van der Waals surface area (Å²) in [5.41, 5.74) is 0.506. The van der Waals surface area contributed by atoms with Gasteiger partial charge in [0.25, 0.3) is 0 Å². The Morgan fingerprint density at radius 2 is 2.19 bits per heavy atom. The second kappa shape index (κ2) is 4.53. The van der Waals surface area contributed by atoms with Crippen molar-refractivity contribution in [3.63, 3.8) is 0 Å². The molecule has 0 spiro atoms. The Morgan fingerprint density at radius 1 is 1.38 bits per heavy atom. The number of hydrogen-bond acceptors (Lipinski definition) is 4. The fourth-order valence-electron chi connectivity index (χ4n) is 1.31. The summed E-state index contributed by atoms with van der Waals surface area (Å²) in [7, 11) is 0. The molecule has 80 valence electrons. The maximum atomic E-state index is 13.3. The van der Waals surface area contributed by atoms with Gasteiger partial charge in [-0.2, -0.15) is 10.2 Å². The number of nitrogens with zero attached hydrogens (tertiary/aromatic N) is 3. The number of benzene rings is 1. The molecule has 0 aliphatic rings. The lowest BCUT2D eigenvalue weighted by Crippen LogP contribution is -1.94. The third-order valence-electron chi connectivity index (χ3n) is 2.05. The zero-order chi connectivity index (χ0) is 11.4. The van der Waals surface area contributed by atoms with Gasteiger partial charge in [0.2, 0.25) is 5.89 Å². The van der Waals surface area contributed by atoms with Gasteiger partial charge in [0, 0.05) is 6.42 Å². The van der Waals surface area contributed by atoms with Crippen LogP contribution in [0.1, 0.15) is 17.3 Å². The third-order valence-corrected chi connectivity index (χ3v) is 2.05. The first-order chi connectivity index (χ1) is 7.79. The molecule has 0 radical (unpaired) electrons. The Kier molecular flexibility index (Phi) is 2.92. The number of hydrogen-bond donors (Lipinski definition) is 0. The fourth-order valence-corrected chi connectivity index (χ4v) is 1.31. The molecular weight excluding hydrogens is 209 g/mol. The van der Waals surface area contributed by atoms with Crippen molar-refractivity contribution in [3.8, 4) is 6.07 Å². The SMILES string of the molecule is N#CCc1nc(Cc2ccccc2F)no1. The van der Waals surface area contributed by atoms with E-state index in [9.17, 15) is 4.39 Å². The molecule has 4 nitrogen and oxygen atoms in total. The zero-order valence-electron chi connectivity index (χ0n) is 8.35. The molecule has 0 amide bonds. The molecule has 0 aliphatic carbocycles. The Labute approximate surface area is 91.3 Å². The molecule has 0 N–H and O–H groups in total. The van der Waals surface area contributed by atoms with Crippen LogP contribution in [-0.2, 0) is 12.8 Å². The Bertz CT molecular complexity index is 530. The molecule has 0 aliphatic heterocycles. The van der Waals surface area contributed by atoms with E-state index in [1.807, 2.05) is 6.07 Å². The lowest BCUT2D eigenvalue weighted by atomic mass is 10.1. The minimum atomic E-state index is -0.297. The minimum Gasteiger partial charge on any atom is -0.338 e. The van der Waals surface area contributed by atoms with Crippen LogP contribution < -0.4 is 0 Å². The number of rotatable bonds is 3. The quantitative estimate of drug-likeness (QED) is 0.787. The third kappa shape index (κ3) is 2.23. The van der Waals surface area contributed by atoms with Crippen LogP contribution in [-0.4, -0.2) is 10.1 Å². The van der Waals surface area contributed by atoms with Crippen molar-refractivity contribution in [3.05, 3.63) is 47.4 Å². The van der Waals surface area contributed by atoms with Crippen molar-refractivity contribution in [1.29, 1.82) is 5.26 Å². The zero-order valence-corrected chi connectivity index (χ0v) is 8.35. The van der Waals surface area contributed by atoms with Crippen LogP contribution in [0.25, 0.3) is 0 Å². The summed E-state index contributed by atoms with van der Waals surface area (Å²) in [6.45, 7) is 0. The summed E-state index contributed by atoms with van der Waals surface area (Å²) in [4.78, 5) is 3.97. The highest BCUT2D eigenvalue weighted by molar-refractivity contribution is 5.20. The fraction of sp³-hybridized carbons (Fsp3) is 0.182.